The van der Waals surface area contributed by atoms with E-state index in [0.717, 1.165) is 53.4 Å². The third-order valence-electron chi connectivity index (χ3n) is 5.37. The molecular formula is C21H24N4OS2. The molecule has 1 saturated heterocycles. The molecule has 3 aromatic rings. The number of piperidine rings is 1. The maximum absolute atomic E-state index is 12.8. The van der Waals surface area contributed by atoms with Gasteiger partial charge in [0.1, 0.15) is 0 Å². The first-order valence-corrected chi connectivity index (χ1v) is 11.4. The zero-order valence-corrected chi connectivity index (χ0v) is 18.1. The molecule has 1 aromatic carbocycles. The molecule has 2 aromatic heterocycles. The van der Waals surface area contributed by atoms with E-state index in [-0.39, 0.29) is 5.91 Å². The van der Waals surface area contributed by atoms with Gasteiger partial charge in [0.25, 0.3) is 0 Å². The van der Waals surface area contributed by atoms with Crippen molar-refractivity contribution in [1.82, 2.24) is 19.9 Å². The van der Waals surface area contributed by atoms with Crippen molar-refractivity contribution >= 4 is 39.2 Å². The van der Waals surface area contributed by atoms with Gasteiger partial charge in [0.15, 0.2) is 5.16 Å². The van der Waals surface area contributed by atoms with Crippen LogP contribution >= 0.6 is 23.1 Å². The van der Waals surface area contributed by atoms with Gasteiger partial charge in [0.2, 0.25) is 5.91 Å². The van der Waals surface area contributed by atoms with E-state index in [0.29, 0.717) is 16.8 Å². The number of rotatable bonds is 4. The van der Waals surface area contributed by atoms with Crippen LogP contribution in [-0.2, 0) is 4.79 Å². The first-order chi connectivity index (χ1) is 13.5. The number of amides is 1. The predicted molar refractivity (Wildman–Crippen MR) is 115 cm³/mol. The summed E-state index contributed by atoms with van der Waals surface area (Å²) in [6.07, 6.45) is 2.12. The van der Waals surface area contributed by atoms with Crippen molar-refractivity contribution in [2.75, 3.05) is 18.8 Å². The maximum atomic E-state index is 12.8. The normalized spacial score (nSPS) is 17.2. The fourth-order valence-electron chi connectivity index (χ4n) is 3.49. The fraction of sp³-hybridized carbons (Fsp3) is 0.429. The van der Waals surface area contributed by atoms with Crippen LogP contribution in [0, 0.1) is 20.8 Å². The van der Waals surface area contributed by atoms with Gasteiger partial charge in [0, 0.05) is 30.4 Å². The Balaban J connectivity index is 1.40. The number of likely N-dealkylation sites (tertiary alicyclic amines) is 1. The van der Waals surface area contributed by atoms with Crippen LogP contribution in [0.4, 0.5) is 0 Å². The molecule has 5 nitrogen and oxygen atoms in total. The van der Waals surface area contributed by atoms with Crippen LogP contribution in [0.15, 0.2) is 29.4 Å². The molecule has 1 amide bonds. The summed E-state index contributed by atoms with van der Waals surface area (Å²) in [5.41, 5.74) is 4.14. The Bertz CT molecular complexity index is 961. The zero-order chi connectivity index (χ0) is 19.7. The van der Waals surface area contributed by atoms with Crippen molar-refractivity contribution in [2.24, 2.45) is 0 Å². The van der Waals surface area contributed by atoms with Gasteiger partial charge in [-0.15, -0.1) is 11.3 Å². The highest BCUT2D eigenvalue weighted by Gasteiger charge is 2.27. The first-order valence-electron chi connectivity index (χ1n) is 9.59. The average Bonchev–Trinajstić information content (AvgIpc) is 3.14. The fourth-order valence-corrected chi connectivity index (χ4v) is 5.42. The summed E-state index contributed by atoms with van der Waals surface area (Å²) >= 11 is 3.19. The summed E-state index contributed by atoms with van der Waals surface area (Å²) in [4.78, 5) is 28.6. The molecule has 1 atom stereocenters. The molecule has 1 fully saturated rings. The van der Waals surface area contributed by atoms with Crippen LogP contribution in [0.1, 0.15) is 40.7 Å². The topological polar surface area (TPSA) is 59.0 Å². The molecule has 4 rings (SSSR count). The summed E-state index contributed by atoms with van der Waals surface area (Å²) in [6.45, 7) is 7.59. The van der Waals surface area contributed by atoms with Crippen LogP contribution < -0.4 is 0 Å². The highest BCUT2D eigenvalue weighted by atomic mass is 32.2. The second kappa shape index (κ2) is 8.17. The molecule has 7 heteroatoms. The number of nitrogens with zero attached hydrogens (tertiary/aromatic N) is 4. The van der Waals surface area contributed by atoms with Gasteiger partial charge in [-0.25, -0.2) is 15.0 Å². The van der Waals surface area contributed by atoms with Gasteiger partial charge in [-0.05, 0) is 51.3 Å². The average molecular weight is 413 g/mol. The molecule has 1 aliphatic heterocycles. The molecule has 3 heterocycles. The number of thioether (sulfide) groups is 1. The lowest BCUT2D eigenvalue weighted by Gasteiger charge is -2.31. The minimum atomic E-state index is 0.162. The SMILES string of the molecule is Cc1nc(SCC(=O)N2CCC[C@@H](c3nc4ccccc4s3)C2)nc(C)c1C. The Morgan fingerprint density at radius 1 is 1.18 bits per heavy atom. The number of benzene rings is 1. The van der Waals surface area contributed by atoms with E-state index in [1.54, 1.807) is 11.3 Å². The molecule has 28 heavy (non-hydrogen) atoms. The van der Waals surface area contributed by atoms with Gasteiger partial charge in [0.05, 0.1) is 21.0 Å². The Morgan fingerprint density at radius 3 is 2.68 bits per heavy atom. The first kappa shape index (κ1) is 19.3. The lowest BCUT2D eigenvalue weighted by atomic mass is 9.99. The van der Waals surface area contributed by atoms with E-state index < -0.39 is 0 Å². The molecule has 0 aliphatic carbocycles. The Kier molecular flexibility index (Phi) is 5.64. The van der Waals surface area contributed by atoms with Crippen molar-refractivity contribution in [3.8, 4) is 0 Å². The molecule has 1 aliphatic rings. The Labute approximate surface area is 173 Å². The van der Waals surface area contributed by atoms with Crippen molar-refractivity contribution in [3.63, 3.8) is 0 Å². The second-order valence-electron chi connectivity index (χ2n) is 7.29. The molecule has 0 spiro atoms. The number of aromatic nitrogens is 3. The van der Waals surface area contributed by atoms with E-state index >= 15 is 0 Å². The number of aryl methyl sites for hydroxylation is 2. The summed E-state index contributed by atoms with van der Waals surface area (Å²) in [7, 11) is 0. The van der Waals surface area contributed by atoms with Crippen LogP contribution in [0.5, 0.6) is 0 Å². The third kappa shape index (κ3) is 4.05. The Hall–Kier alpha value is -1.99. The van der Waals surface area contributed by atoms with E-state index in [2.05, 4.69) is 28.2 Å². The highest BCUT2D eigenvalue weighted by Crippen LogP contribution is 2.33. The van der Waals surface area contributed by atoms with E-state index in [1.807, 2.05) is 31.7 Å². The number of hydrogen-bond donors (Lipinski definition) is 0. The summed E-state index contributed by atoms with van der Waals surface area (Å²) in [6, 6.07) is 8.25. The molecule has 146 valence electrons. The largest absolute Gasteiger partial charge is 0.341 e. The maximum Gasteiger partial charge on any atom is 0.233 e. The summed E-state index contributed by atoms with van der Waals surface area (Å²) < 4.78 is 1.22. The van der Waals surface area contributed by atoms with Gasteiger partial charge in [-0.1, -0.05) is 23.9 Å². The van der Waals surface area contributed by atoms with Gasteiger partial charge >= 0.3 is 0 Å². The summed E-state index contributed by atoms with van der Waals surface area (Å²) in [5.74, 6) is 0.879. The Morgan fingerprint density at radius 2 is 1.93 bits per heavy atom. The minimum absolute atomic E-state index is 0.162. The van der Waals surface area contributed by atoms with Crippen molar-refractivity contribution < 1.29 is 4.79 Å². The number of carbonyl (C=O) groups is 1. The standard InChI is InChI=1S/C21H24N4OS2/c1-13-14(2)22-21(23-15(13)3)27-12-19(26)25-10-6-7-16(11-25)20-24-17-8-4-5-9-18(17)28-20/h4-5,8-9,16H,6-7,10-12H2,1-3H3/t16-/m1/s1. The molecule has 0 N–H and O–H groups in total. The van der Waals surface area contributed by atoms with Crippen LogP contribution in [0.3, 0.4) is 0 Å². The van der Waals surface area contributed by atoms with E-state index in [9.17, 15) is 4.79 Å². The lowest BCUT2D eigenvalue weighted by Crippen LogP contribution is -2.40. The number of thiazole rings is 1. The molecule has 0 bridgehead atoms. The van der Waals surface area contributed by atoms with Crippen molar-refractivity contribution in [3.05, 3.63) is 46.2 Å². The quantitative estimate of drug-likeness (QED) is 0.466. The third-order valence-corrected chi connectivity index (χ3v) is 7.40. The number of fused-ring (bicyclic) bond motifs is 1. The van der Waals surface area contributed by atoms with Crippen LogP contribution in [0.2, 0.25) is 0 Å². The number of hydrogen-bond acceptors (Lipinski definition) is 6. The highest BCUT2D eigenvalue weighted by molar-refractivity contribution is 7.99. The number of carbonyl (C=O) groups excluding carboxylic acids is 1. The molecule has 0 saturated carbocycles. The lowest BCUT2D eigenvalue weighted by molar-refractivity contribution is -0.129. The molecule has 0 radical (unpaired) electrons. The van der Waals surface area contributed by atoms with Crippen LogP contribution in [-0.4, -0.2) is 44.6 Å². The van der Waals surface area contributed by atoms with Crippen molar-refractivity contribution in [2.45, 2.75) is 44.7 Å². The second-order valence-corrected chi connectivity index (χ2v) is 9.29. The molecular weight excluding hydrogens is 388 g/mol. The van der Waals surface area contributed by atoms with E-state index in [1.165, 1.54) is 16.5 Å². The van der Waals surface area contributed by atoms with Gasteiger partial charge in [-0.3, -0.25) is 4.79 Å². The summed E-state index contributed by atoms with van der Waals surface area (Å²) in [5, 5.41) is 1.84. The number of para-hydroxylation sites is 1. The smallest absolute Gasteiger partial charge is 0.233 e. The van der Waals surface area contributed by atoms with Gasteiger partial charge in [-0.2, -0.15) is 0 Å². The van der Waals surface area contributed by atoms with Crippen LogP contribution in [0.25, 0.3) is 10.2 Å². The monoisotopic (exact) mass is 412 g/mol. The van der Waals surface area contributed by atoms with E-state index in [4.69, 9.17) is 4.98 Å². The van der Waals surface area contributed by atoms with Crippen molar-refractivity contribution in [1.29, 1.82) is 0 Å². The molecule has 0 unspecified atom stereocenters. The zero-order valence-electron chi connectivity index (χ0n) is 16.4. The predicted octanol–water partition coefficient (Wildman–Crippen LogP) is 4.51. The van der Waals surface area contributed by atoms with Gasteiger partial charge < -0.3 is 4.90 Å². The minimum Gasteiger partial charge on any atom is -0.341 e.